The van der Waals surface area contributed by atoms with Gasteiger partial charge in [0, 0.05) is 5.56 Å². The van der Waals surface area contributed by atoms with Gasteiger partial charge in [-0.3, -0.25) is 4.57 Å². The Morgan fingerprint density at radius 2 is 1.08 bits per heavy atom. The quantitative estimate of drug-likeness (QED) is 0.130. The van der Waals surface area contributed by atoms with Crippen LogP contribution in [0.25, 0.3) is 17.1 Å². The Balaban J connectivity index is 1.94. The highest BCUT2D eigenvalue weighted by molar-refractivity contribution is 9.10. The first kappa shape index (κ1) is 28.6. The Labute approximate surface area is 222 Å². The van der Waals surface area contributed by atoms with Crippen LogP contribution in [-0.2, 0) is 5.41 Å². The standard InChI is InChI=1S/C25H14BrF10N3/c1-11-3-7-14(8-4-11)23(24(31,32)33,25(34,35)36)15-9-5-13(6-10-15)22-38-37-12(2)39(22)21-19(29)17(27)16(26)18(28)20(21)30/h3-10H,1-2H3. The molecular formula is C25H14BrF10N3. The minimum absolute atomic E-state index is 0.246. The van der Waals surface area contributed by atoms with Gasteiger partial charge in [-0.05, 0) is 40.9 Å². The van der Waals surface area contributed by atoms with Crippen LogP contribution in [0.4, 0.5) is 43.9 Å². The third kappa shape index (κ3) is 4.38. The molecule has 0 fully saturated rings. The maximum Gasteiger partial charge on any atom is 0.411 e. The van der Waals surface area contributed by atoms with Gasteiger partial charge in [0.1, 0.15) is 11.5 Å². The lowest BCUT2D eigenvalue weighted by Gasteiger charge is -2.38. The van der Waals surface area contributed by atoms with Crippen molar-refractivity contribution in [1.82, 2.24) is 14.8 Å². The zero-order chi connectivity index (χ0) is 29.1. The van der Waals surface area contributed by atoms with Crippen LogP contribution in [0.1, 0.15) is 22.5 Å². The molecule has 0 atom stereocenters. The zero-order valence-electron chi connectivity index (χ0n) is 19.6. The fraction of sp³-hybridized carbons (Fsp3) is 0.200. The van der Waals surface area contributed by atoms with Crippen LogP contribution in [0, 0.1) is 37.1 Å². The van der Waals surface area contributed by atoms with Gasteiger partial charge in [0.2, 0.25) is 5.41 Å². The number of nitrogens with zero attached hydrogens (tertiary/aromatic N) is 3. The Morgan fingerprint density at radius 1 is 0.641 bits per heavy atom. The Bertz CT molecular complexity index is 1500. The van der Waals surface area contributed by atoms with Crippen molar-refractivity contribution in [3.63, 3.8) is 0 Å². The highest BCUT2D eigenvalue weighted by atomic mass is 79.9. The van der Waals surface area contributed by atoms with E-state index < -0.39 is 68.1 Å². The fourth-order valence-electron chi connectivity index (χ4n) is 4.26. The fourth-order valence-corrected chi connectivity index (χ4v) is 4.61. The molecule has 206 valence electrons. The van der Waals surface area contributed by atoms with E-state index in [1.54, 1.807) is 0 Å². The molecule has 0 aliphatic rings. The second kappa shape index (κ2) is 9.65. The van der Waals surface area contributed by atoms with Gasteiger partial charge < -0.3 is 0 Å². The largest absolute Gasteiger partial charge is 0.411 e. The summed E-state index contributed by atoms with van der Waals surface area (Å²) in [5.74, 6) is -8.03. The smallest absolute Gasteiger partial charge is 0.273 e. The molecule has 0 N–H and O–H groups in total. The summed E-state index contributed by atoms with van der Waals surface area (Å²) < 4.78 is 143. The Kier molecular flexibility index (Phi) is 7.07. The summed E-state index contributed by atoms with van der Waals surface area (Å²) in [4.78, 5) is 0. The van der Waals surface area contributed by atoms with Crippen LogP contribution < -0.4 is 0 Å². The van der Waals surface area contributed by atoms with Crippen molar-refractivity contribution >= 4 is 15.9 Å². The second-order valence-corrected chi connectivity index (χ2v) is 9.31. The van der Waals surface area contributed by atoms with Crippen molar-refractivity contribution in [2.45, 2.75) is 31.6 Å². The van der Waals surface area contributed by atoms with Crippen molar-refractivity contribution in [3.8, 4) is 17.1 Å². The molecule has 0 aliphatic carbocycles. The van der Waals surface area contributed by atoms with Crippen LogP contribution in [0.2, 0.25) is 0 Å². The average Bonchev–Trinajstić information content (AvgIpc) is 3.23. The van der Waals surface area contributed by atoms with Crippen LogP contribution >= 0.6 is 15.9 Å². The number of hydrogen-bond acceptors (Lipinski definition) is 2. The molecule has 0 radical (unpaired) electrons. The van der Waals surface area contributed by atoms with Crippen molar-refractivity contribution in [2.24, 2.45) is 0 Å². The molecule has 0 unspecified atom stereocenters. The highest BCUT2D eigenvalue weighted by Crippen LogP contribution is 2.56. The number of aryl methyl sites for hydroxylation is 2. The first-order valence-electron chi connectivity index (χ1n) is 10.8. The van der Waals surface area contributed by atoms with Crippen molar-refractivity contribution < 1.29 is 43.9 Å². The minimum Gasteiger partial charge on any atom is -0.273 e. The lowest BCUT2D eigenvalue weighted by molar-refractivity contribution is -0.288. The summed E-state index contributed by atoms with van der Waals surface area (Å²) in [6.07, 6.45) is -11.7. The predicted molar refractivity (Wildman–Crippen MR) is 123 cm³/mol. The Hall–Kier alpha value is -3.42. The molecule has 0 bridgehead atoms. The molecule has 1 aromatic heterocycles. The summed E-state index contributed by atoms with van der Waals surface area (Å²) in [6, 6.07) is 6.37. The summed E-state index contributed by atoms with van der Waals surface area (Å²) in [7, 11) is 0. The van der Waals surface area contributed by atoms with Crippen LogP contribution in [0.15, 0.2) is 53.0 Å². The Morgan fingerprint density at radius 3 is 1.51 bits per heavy atom. The van der Waals surface area contributed by atoms with E-state index in [1.165, 1.54) is 6.92 Å². The van der Waals surface area contributed by atoms with Crippen molar-refractivity contribution in [2.75, 3.05) is 0 Å². The highest BCUT2D eigenvalue weighted by Gasteiger charge is 2.72. The number of halogens is 11. The van der Waals surface area contributed by atoms with Gasteiger partial charge in [-0.2, -0.15) is 26.3 Å². The van der Waals surface area contributed by atoms with E-state index in [2.05, 4.69) is 26.1 Å². The second-order valence-electron chi connectivity index (χ2n) is 8.51. The molecule has 4 rings (SSSR count). The molecule has 0 aliphatic heterocycles. The molecule has 14 heteroatoms. The zero-order valence-corrected chi connectivity index (χ0v) is 21.2. The number of hydrogen-bond donors (Lipinski definition) is 0. The lowest BCUT2D eigenvalue weighted by Crippen LogP contribution is -2.54. The number of benzene rings is 3. The summed E-state index contributed by atoms with van der Waals surface area (Å²) in [5, 5.41) is 7.26. The topological polar surface area (TPSA) is 30.7 Å². The van der Waals surface area contributed by atoms with Gasteiger partial charge in [0.25, 0.3) is 0 Å². The summed E-state index contributed by atoms with van der Waals surface area (Å²) in [6.45, 7) is 2.66. The lowest BCUT2D eigenvalue weighted by atomic mass is 9.72. The molecule has 1 heterocycles. The molecule has 0 saturated carbocycles. The maximum absolute atomic E-state index is 14.7. The minimum atomic E-state index is -5.84. The first-order valence-corrected chi connectivity index (χ1v) is 11.6. The average molecular weight is 626 g/mol. The monoisotopic (exact) mass is 625 g/mol. The molecule has 3 nitrogen and oxygen atoms in total. The summed E-state index contributed by atoms with van der Waals surface area (Å²) in [5.41, 5.74) is -7.78. The molecule has 0 saturated heterocycles. The molecule has 3 aromatic carbocycles. The van der Waals surface area contributed by atoms with Gasteiger partial charge in [-0.25, -0.2) is 17.6 Å². The number of aromatic nitrogens is 3. The van der Waals surface area contributed by atoms with Gasteiger partial charge in [0.15, 0.2) is 29.1 Å². The predicted octanol–water partition coefficient (Wildman–Crippen LogP) is 8.28. The van der Waals surface area contributed by atoms with E-state index in [9.17, 15) is 43.9 Å². The van der Waals surface area contributed by atoms with Gasteiger partial charge in [0.05, 0.1) is 4.47 Å². The van der Waals surface area contributed by atoms with Crippen LogP contribution in [0.5, 0.6) is 0 Å². The van der Waals surface area contributed by atoms with Gasteiger partial charge in [-0.1, -0.05) is 54.1 Å². The molecule has 0 spiro atoms. The first-order chi connectivity index (χ1) is 18.0. The third-order valence-corrected chi connectivity index (χ3v) is 6.84. The number of alkyl halides is 6. The van der Waals surface area contributed by atoms with Gasteiger partial charge in [-0.15, -0.1) is 10.2 Å². The van der Waals surface area contributed by atoms with Crippen molar-refractivity contribution in [1.29, 1.82) is 0 Å². The van der Waals surface area contributed by atoms with E-state index in [0.717, 1.165) is 43.3 Å². The van der Waals surface area contributed by atoms with Crippen LogP contribution in [0.3, 0.4) is 0 Å². The third-order valence-electron chi connectivity index (χ3n) is 6.15. The number of rotatable bonds is 4. The molecule has 4 aromatic rings. The van der Waals surface area contributed by atoms with Crippen molar-refractivity contribution in [3.05, 3.63) is 98.8 Å². The van der Waals surface area contributed by atoms with E-state index in [0.29, 0.717) is 22.3 Å². The van der Waals surface area contributed by atoms with Crippen LogP contribution in [-0.4, -0.2) is 27.1 Å². The molecular weight excluding hydrogens is 612 g/mol. The molecule has 39 heavy (non-hydrogen) atoms. The van der Waals surface area contributed by atoms with Gasteiger partial charge >= 0.3 is 12.4 Å². The van der Waals surface area contributed by atoms with E-state index in [-0.39, 0.29) is 11.4 Å². The van der Waals surface area contributed by atoms with E-state index in [4.69, 9.17) is 0 Å². The normalized spacial score (nSPS) is 12.7. The maximum atomic E-state index is 14.7. The SMILES string of the molecule is Cc1ccc(C(c2ccc(-c3nnc(C)n3-c3c(F)c(F)c(Br)c(F)c3F)cc2)(C(F)(F)F)C(F)(F)F)cc1. The summed E-state index contributed by atoms with van der Waals surface area (Å²) >= 11 is 2.39. The van der Waals surface area contributed by atoms with E-state index in [1.807, 2.05) is 0 Å². The molecule has 0 amide bonds. The van der Waals surface area contributed by atoms with E-state index >= 15 is 0 Å².